The van der Waals surface area contributed by atoms with Crippen LogP contribution < -0.4 is 10.6 Å². The first-order chi connectivity index (χ1) is 9.62. The van der Waals surface area contributed by atoms with E-state index >= 15 is 0 Å². The molecular weight excluding hydrogens is 291 g/mol. The SMILES string of the molecule is Cc1cc(F)ccc1NC(=O)[C@@]12CCCC[C@H]1CNC2.Cl. The highest BCUT2D eigenvalue weighted by molar-refractivity contribution is 5.96. The standard InChI is InChI=1S/C16H21FN2O.ClH/c1-11-8-13(17)5-6-14(11)19-15(20)16-7-3-2-4-12(16)9-18-10-16;/h5-6,8,12,18H,2-4,7,9-10H2,1H3,(H,19,20);1H/t12-,16+;/m0./s1. The van der Waals surface area contributed by atoms with Crippen LogP contribution in [0.5, 0.6) is 0 Å². The summed E-state index contributed by atoms with van der Waals surface area (Å²) < 4.78 is 13.1. The molecule has 116 valence electrons. The lowest BCUT2D eigenvalue weighted by atomic mass is 9.67. The van der Waals surface area contributed by atoms with Crippen molar-refractivity contribution in [2.75, 3.05) is 18.4 Å². The van der Waals surface area contributed by atoms with Crippen molar-refractivity contribution in [3.63, 3.8) is 0 Å². The number of hydrogen-bond acceptors (Lipinski definition) is 2. The van der Waals surface area contributed by atoms with E-state index in [9.17, 15) is 9.18 Å². The van der Waals surface area contributed by atoms with E-state index in [0.29, 0.717) is 5.92 Å². The van der Waals surface area contributed by atoms with E-state index < -0.39 is 0 Å². The molecule has 0 spiro atoms. The average Bonchev–Trinajstić information content (AvgIpc) is 2.87. The second-order valence-corrected chi connectivity index (χ2v) is 6.14. The van der Waals surface area contributed by atoms with Crippen LogP contribution in [0, 0.1) is 24.1 Å². The third-order valence-electron chi connectivity index (χ3n) is 4.93. The summed E-state index contributed by atoms with van der Waals surface area (Å²) in [5.41, 5.74) is 1.23. The molecule has 1 saturated carbocycles. The molecule has 21 heavy (non-hydrogen) atoms. The molecule has 0 bridgehead atoms. The Morgan fingerprint density at radius 2 is 2.24 bits per heavy atom. The van der Waals surface area contributed by atoms with Gasteiger partial charge in [0.1, 0.15) is 5.82 Å². The van der Waals surface area contributed by atoms with Gasteiger partial charge in [0.05, 0.1) is 5.41 Å². The number of nitrogens with one attached hydrogen (secondary N) is 2. The van der Waals surface area contributed by atoms with Crippen molar-refractivity contribution in [2.24, 2.45) is 11.3 Å². The second-order valence-electron chi connectivity index (χ2n) is 6.14. The van der Waals surface area contributed by atoms with E-state index in [1.165, 1.54) is 18.6 Å². The van der Waals surface area contributed by atoms with Crippen molar-refractivity contribution in [1.82, 2.24) is 5.32 Å². The second kappa shape index (κ2) is 6.32. The molecule has 0 radical (unpaired) electrons. The van der Waals surface area contributed by atoms with Gasteiger partial charge in [0, 0.05) is 12.2 Å². The van der Waals surface area contributed by atoms with Crippen LogP contribution in [-0.2, 0) is 4.79 Å². The molecule has 1 heterocycles. The molecule has 0 unspecified atom stereocenters. The number of fused-ring (bicyclic) bond motifs is 1. The number of anilines is 1. The highest BCUT2D eigenvalue weighted by Gasteiger charge is 2.49. The molecule has 3 nitrogen and oxygen atoms in total. The molecule has 1 saturated heterocycles. The fourth-order valence-corrected chi connectivity index (χ4v) is 3.70. The Morgan fingerprint density at radius 1 is 1.43 bits per heavy atom. The normalized spacial score (nSPS) is 27.6. The van der Waals surface area contributed by atoms with Gasteiger partial charge in [-0.05, 0) is 56.0 Å². The van der Waals surface area contributed by atoms with Crippen LogP contribution in [-0.4, -0.2) is 19.0 Å². The summed E-state index contributed by atoms with van der Waals surface area (Å²) in [5, 5.41) is 6.40. The molecule has 2 fully saturated rings. The van der Waals surface area contributed by atoms with Crippen LogP contribution in [0.15, 0.2) is 18.2 Å². The van der Waals surface area contributed by atoms with Gasteiger partial charge in [0.15, 0.2) is 0 Å². The Balaban J connectivity index is 0.00000161. The van der Waals surface area contributed by atoms with Gasteiger partial charge in [0.25, 0.3) is 0 Å². The molecule has 1 aromatic rings. The van der Waals surface area contributed by atoms with Crippen LogP contribution >= 0.6 is 12.4 Å². The van der Waals surface area contributed by atoms with E-state index in [1.54, 1.807) is 6.07 Å². The number of hydrogen-bond donors (Lipinski definition) is 2. The Morgan fingerprint density at radius 3 is 3.00 bits per heavy atom. The summed E-state index contributed by atoms with van der Waals surface area (Å²) in [6.45, 7) is 3.53. The Labute approximate surface area is 131 Å². The monoisotopic (exact) mass is 312 g/mol. The van der Waals surface area contributed by atoms with Gasteiger partial charge in [-0.15, -0.1) is 12.4 Å². The molecular formula is C16H22ClFN2O. The van der Waals surface area contributed by atoms with E-state index in [-0.39, 0.29) is 29.5 Å². The van der Waals surface area contributed by atoms with Crippen molar-refractivity contribution >= 4 is 24.0 Å². The molecule has 3 rings (SSSR count). The zero-order valence-corrected chi connectivity index (χ0v) is 13.1. The Kier molecular flexibility index (Phi) is 4.89. The number of aryl methyl sites for hydroxylation is 1. The van der Waals surface area contributed by atoms with Crippen molar-refractivity contribution in [3.05, 3.63) is 29.6 Å². The van der Waals surface area contributed by atoms with Crippen molar-refractivity contribution in [3.8, 4) is 0 Å². The number of carbonyl (C=O) groups is 1. The molecule has 2 N–H and O–H groups in total. The summed E-state index contributed by atoms with van der Waals surface area (Å²) in [5.74, 6) is 0.274. The van der Waals surface area contributed by atoms with Crippen LogP contribution in [0.1, 0.15) is 31.2 Å². The van der Waals surface area contributed by atoms with Crippen LogP contribution in [0.2, 0.25) is 0 Å². The highest BCUT2D eigenvalue weighted by Crippen LogP contribution is 2.44. The molecule has 0 aromatic heterocycles. The van der Waals surface area contributed by atoms with Crippen molar-refractivity contribution < 1.29 is 9.18 Å². The summed E-state index contributed by atoms with van der Waals surface area (Å²) in [6.07, 6.45) is 4.42. The van der Waals surface area contributed by atoms with Gasteiger partial charge in [0.2, 0.25) is 5.91 Å². The number of amides is 1. The minimum atomic E-state index is -0.267. The van der Waals surface area contributed by atoms with E-state index in [0.717, 1.165) is 43.6 Å². The maximum absolute atomic E-state index is 13.1. The van der Waals surface area contributed by atoms with Crippen LogP contribution in [0.4, 0.5) is 10.1 Å². The van der Waals surface area contributed by atoms with E-state index in [2.05, 4.69) is 10.6 Å². The predicted molar refractivity (Wildman–Crippen MR) is 84.3 cm³/mol. The molecule has 1 aliphatic carbocycles. The van der Waals surface area contributed by atoms with Crippen molar-refractivity contribution in [1.29, 1.82) is 0 Å². The van der Waals surface area contributed by atoms with E-state index in [4.69, 9.17) is 0 Å². The number of halogens is 2. The lowest BCUT2D eigenvalue weighted by Crippen LogP contribution is -2.44. The Hall–Kier alpha value is -1.13. The van der Waals surface area contributed by atoms with Crippen LogP contribution in [0.3, 0.4) is 0 Å². The molecule has 1 amide bonds. The summed E-state index contributed by atoms with van der Waals surface area (Å²) >= 11 is 0. The number of carbonyl (C=O) groups excluding carboxylic acids is 1. The Bertz CT molecular complexity index is 537. The van der Waals surface area contributed by atoms with Gasteiger partial charge in [-0.3, -0.25) is 4.79 Å². The minimum Gasteiger partial charge on any atom is -0.325 e. The average molecular weight is 313 g/mol. The van der Waals surface area contributed by atoms with Gasteiger partial charge >= 0.3 is 0 Å². The molecule has 2 aliphatic rings. The third-order valence-corrected chi connectivity index (χ3v) is 4.93. The molecule has 5 heteroatoms. The van der Waals surface area contributed by atoms with Crippen molar-refractivity contribution in [2.45, 2.75) is 32.6 Å². The van der Waals surface area contributed by atoms with Crippen LogP contribution in [0.25, 0.3) is 0 Å². The maximum atomic E-state index is 13.1. The first kappa shape index (κ1) is 16.2. The van der Waals surface area contributed by atoms with Gasteiger partial charge in [-0.1, -0.05) is 12.8 Å². The highest BCUT2D eigenvalue weighted by atomic mass is 35.5. The molecule has 1 aliphatic heterocycles. The maximum Gasteiger partial charge on any atom is 0.232 e. The van der Waals surface area contributed by atoms with E-state index in [1.807, 2.05) is 6.92 Å². The fraction of sp³-hybridized carbons (Fsp3) is 0.562. The number of benzene rings is 1. The lowest BCUT2D eigenvalue weighted by molar-refractivity contribution is -0.128. The van der Waals surface area contributed by atoms with Gasteiger partial charge in [-0.2, -0.15) is 0 Å². The first-order valence-corrected chi connectivity index (χ1v) is 7.40. The topological polar surface area (TPSA) is 41.1 Å². The smallest absolute Gasteiger partial charge is 0.232 e. The zero-order chi connectivity index (χ0) is 14.2. The van der Waals surface area contributed by atoms with Gasteiger partial charge in [-0.25, -0.2) is 4.39 Å². The quantitative estimate of drug-likeness (QED) is 0.880. The molecule has 2 atom stereocenters. The third kappa shape index (κ3) is 2.92. The predicted octanol–water partition coefficient (Wildman–Crippen LogP) is 3.27. The molecule has 1 aromatic carbocycles. The first-order valence-electron chi connectivity index (χ1n) is 7.40. The lowest BCUT2D eigenvalue weighted by Gasteiger charge is -2.37. The number of rotatable bonds is 2. The summed E-state index contributed by atoms with van der Waals surface area (Å²) in [4.78, 5) is 12.8. The fourth-order valence-electron chi connectivity index (χ4n) is 3.70. The minimum absolute atomic E-state index is 0. The van der Waals surface area contributed by atoms with Gasteiger partial charge < -0.3 is 10.6 Å². The summed E-state index contributed by atoms with van der Waals surface area (Å²) in [7, 11) is 0. The largest absolute Gasteiger partial charge is 0.325 e. The summed E-state index contributed by atoms with van der Waals surface area (Å²) in [6, 6.07) is 4.50. The zero-order valence-electron chi connectivity index (χ0n) is 12.2.